The second-order valence-electron chi connectivity index (χ2n) is 6.59. The number of hydrogen-bond acceptors (Lipinski definition) is 3. The van der Waals surface area contributed by atoms with Gasteiger partial charge in [0.2, 0.25) is 0 Å². The van der Waals surface area contributed by atoms with E-state index in [-0.39, 0.29) is 6.04 Å². The number of para-hydroxylation sites is 3. The third-order valence-corrected chi connectivity index (χ3v) is 4.65. The second kappa shape index (κ2) is 6.65. The molecule has 1 unspecified atom stereocenters. The first-order chi connectivity index (χ1) is 12.6. The second-order valence-corrected chi connectivity index (χ2v) is 6.59. The number of fused-ring (bicyclic) bond motifs is 1. The Hall–Kier alpha value is -3.11. The maximum atomic E-state index is 6.65. The molecule has 4 nitrogen and oxygen atoms in total. The Labute approximate surface area is 153 Å². The Morgan fingerprint density at radius 1 is 0.846 bits per heavy atom. The van der Waals surface area contributed by atoms with Crippen LogP contribution in [0.15, 0.2) is 78.9 Å². The molecule has 0 radical (unpaired) electrons. The fraction of sp³-hybridized carbons (Fsp3) is 0.136. The molecule has 0 saturated heterocycles. The minimum absolute atomic E-state index is 0.307. The van der Waals surface area contributed by atoms with Gasteiger partial charge in [-0.05, 0) is 42.0 Å². The Morgan fingerprint density at radius 2 is 1.50 bits per heavy atom. The molecular weight excluding hydrogens is 320 g/mol. The molecule has 0 fully saturated rings. The van der Waals surface area contributed by atoms with Gasteiger partial charge in [0.25, 0.3) is 0 Å². The average Bonchev–Trinajstić information content (AvgIpc) is 3.07. The van der Waals surface area contributed by atoms with Gasteiger partial charge in [-0.2, -0.15) is 0 Å². The molecule has 130 valence electrons. The van der Waals surface area contributed by atoms with Crippen LogP contribution in [-0.2, 0) is 0 Å². The number of nitrogens with two attached hydrogens (primary N) is 1. The lowest BCUT2D eigenvalue weighted by molar-refractivity contribution is 0.766. The number of aromatic nitrogens is 2. The first kappa shape index (κ1) is 16.4. The molecule has 26 heavy (non-hydrogen) atoms. The van der Waals surface area contributed by atoms with E-state index in [4.69, 9.17) is 10.7 Å². The molecule has 1 heterocycles. The monoisotopic (exact) mass is 342 g/mol. The van der Waals surface area contributed by atoms with E-state index in [9.17, 15) is 0 Å². The summed E-state index contributed by atoms with van der Waals surface area (Å²) in [6, 6.07) is 26.4. The molecule has 4 rings (SSSR count). The molecule has 1 atom stereocenters. The smallest absolute Gasteiger partial charge is 0.136 e. The van der Waals surface area contributed by atoms with Gasteiger partial charge in [0.1, 0.15) is 5.82 Å². The lowest BCUT2D eigenvalue weighted by Crippen LogP contribution is -2.17. The molecule has 4 heteroatoms. The number of benzene rings is 3. The number of nitrogens with zero attached hydrogens (tertiary/aromatic N) is 3. The Balaban J connectivity index is 1.85. The van der Waals surface area contributed by atoms with Crippen molar-refractivity contribution in [1.82, 2.24) is 9.55 Å². The maximum absolute atomic E-state index is 6.65. The largest absolute Gasteiger partial charge is 0.378 e. The third kappa shape index (κ3) is 2.85. The zero-order valence-corrected chi connectivity index (χ0v) is 15.0. The van der Waals surface area contributed by atoms with E-state index in [1.165, 1.54) is 0 Å². The third-order valence-electron chi connectivity index (χ3n) is 4.65. The zero-order chi connectivity index (χ0) is 18.1. The quantitative estimate of drug-likeness (QED) is 0.606. The first-order valence-corrected chi connectivity index (χ1v) is 8.71. The highest BCUT2D eigenvalue weighted by atomic mass is 15.1. The fourth-order valence-corrected chi connectivity index (χ4v) is 3.23. The van der Waals surface area contributed by atoms with Crippen molar-refractivity contribution in [3.8, 4) is 5.69 Å². The van der Waals surface area contributed by atoms with E-state index in [0.717, 1.165) is 33.8 Å². The normalized spacial score (nSPS) is 12.3. The summed E-state index contributed by atoms with van der Waals surface area (Å²) in [4.78, 5) is 6.93. The predicted octanol–water partition coefficient (Wildman–Crippen LogP) is 4.14. The number of imidazole rings is 1. The molecule has 0 aliphatic carbocycles. The van der Waals surface area contributed by atoms with E-state index in [0.29, 0.717) is 0 Å². The van der Waals surface area contributed by atoms with E-state index in [2.05, 4.69) is 51.9 Å². The highest BCUT2D eigenvalue weighted by Gasteiger charge is 2.19. The van der Waals surface area contributed by atoms with Crippen LogP contribution in [0.1, 0.15) is 17.4 Å². The van der Waals surface area contributed by atoms with Crippen LogP contribution in [0.3, 0.4) is 0 Å². The van der Waals surface area contributed by atoms with E-state index < -0.39 is 0 Å². The van der Waals surface area contributed by atoms with Gasteiger partial charge in [-0.3, -0.25) is 4.57 Å². The van der Waals surface area contributed by atoms with Gasteiger partial charge in [-0.15, -0.1) is 0 Å². The summed E-state index contributed by atoms with van der Waals surface area (Å²) in [5.41, 5.74) is 11.9. The van der Waals surface area contributed by atoms with Crippen molar-refractivity contribution in [2.24, 2.45) is 5.73 Å². The van der Waals surface area contributed by atoms with Crippen molar-refractivity contribution in [2.45, 2.75) is 6.04 Å². The lowest BCUT2D eigenvalue weighted by atomic mass is 10.1. The van der Waals surface area contributed by atoms with Crippen molar-refractivity contribution in [3.05, 3.63) is 90.3 Å². The van der Waals surface area contributed by atoms with Crippen LogP contribution in [-0.4, -0.2) is 23.6 Å². The van der Waals surface area contributed by atoms with E-state index in [1.54, 1.807) is 0 Å². The molecule has 2 N–H and O–H groups in total. The molecule has 3 aromatic carbocycles. The number of anilines is 1. The summed E-state index contributed by atoms with van der Waals surface area (Å²) in [5, 5.41) is 0. The summed E-state index contributed by atoms with van der Waals surface area (Å²) in [7, 11) is 4.06. The van der Waals surface area contributed by atoms with Gasteiger partial charge in [-0.25, -0.2) is 4.98 Å². The van der Waals surface area contributed by atoms with Crippen molar-refractivity contribution in [2.75, 3.05) is 19.0 Å². The molecule has 0 saturated carbocycles. The van der Waals surface area contributed by atoms with Gasteiger partial charge in [0.05, 0.1) is 17.1 Å². The minimum Gasteiger partial charge on any atom is -0.378 e. The molecule has 1 aromatic heterocycles. The molecule has 0 spiro atoms. The minimum atomic E-state index is -0.307. The summed E-state index contributed by atoms with van der Waals surface area (Å²) < 4.78 is 2.15. The van der Waals surface area contributed by atoms with E-state index >= 15 is 0 Å². The standard InChI is InChI=1S/C22H22N4/c1-25(2)17-14-12-16(13-15-17)21(23)22-24-19-10-6-7-11-20(19)26(22)18-8-4-3-5-9-18/h3-15,21H,23H2,1-2H3. The van der Waals surface area contributed by atoms with Crippen LogP contribution in [0.25, 0.3) is 16.7 Å². The van der Waals surface area contributed by atoms with Crippen molar-refractivity contribution >= 4 is 16.7 Å². The van der Waals surface area contributed by atoms with Crippen LogP contribution < -0.4 is 10.6 Å². The molecular formula is C22H22N4. The highest BCUT2D eigenvalue weighted by molar-refractivity contribution is 5.78. The highest BCUT2D eigenvalue weighted by Crippen LogP contribution is 2.28. The van der Waals surface area contributed by atoms with Gasteiger partial charge in [0, 0.05) is 25.5 Å². The van der Waals surface area contributed by atoms with Gasteiger partial charge in [0.15, 0.2) is 0 Å². The summed E-state index contributed by atoms with van der Waals surface area (Å²) in [6.45, 7) is 0. The number of rotatable bonds is 4. The van der Waals surface area contributed by atoms with Crippen molar-refractivity contribution in [3.63, 3.8) is 0 Å². The van der Waals surface area contributed by atoms with Crippen LogP contribution >= 0.6 is 0 Å². The van der Waals surface area contributed by atoms with Crippen LogP contribution in [0.4, 0.5) is 5.69 Å². The summed E-state index contributed by atoms with van der Waals surface area (Å²) in [5.74, 6) is 0.843. The van der Waals surface area contributed by atoms with Crippen molar-refractivity contribution < 1.29 is 0 Å². The van der Waals surface area contributed by atoms with Crippen LogP contribution in [0, 0.1) is 0 Å². The average molecular weight is 342 g/mol. The molecule has 0 aliphatic rings. The van der Waals surface area contributed by atoms with Crippen molar-refractivity contribution in [1.29, 1.82) is 0 Å². The molecule has 0 bridgehead atoms. The summed E-state index contributed by atoms with van der Waals surface area (Å²) in [6.07, 6.45) is 0. The predicted molar refractivity (Wildman–Crippen MR) is 108 cm³/mol. The van der Waals surface area contributed by atoms with Crippen LogP contribution in [0.5, 0.6) is 0 Å². The SMILES string of the molecule is CN(C)c1ccc(C(N)c2nc3ccccc3n2-c2ccccc2)cc1. The lowest BCUT2D eigenvalue weighted by Gasteiger charge is -2.17. The summed E-state index contributed by atoms with van der Waals surface area (Å²) >= 11 is 0. The van der Waals surface area contributed by atoms with Crippen LogP contribution in [0.2, 0.25) is 0 Å². The van der Waals surface area contributed by atoms with Gasteiger partial charge >= 0.3 is 0 Å². The van der Waals surface area contributed by atoms with Gasteiger partial charge < -0.3 is 10.6 Å². The number of hydrogen-bond donors (Lipinski definition) is 1. The molecule has 4 aromatic rings. The van der Waals surface area contributed by atoms with E-state index in [1.807, 2.05) is 50.5 Å². The Kier molecular flexibility index (Phi) is 4.19. The Bertz CT molecular complexity index is 1020. The Morgan fingerprint density at radius 3 is 2.19 bits per heavy atom. The fourth-order valence-electron chi connectivity index (χ4n) is 3.23. The zero-order valence-electron chi connectivity index (χ0n) is 15.0. The molecule has 0 amide bonds. The molecule has 0 aliphatic heterocycles. The maximum Gasteiger partial charge on any atom is 0.136 e. The topological polar surface area (TPSA) is 47.1 Å². The van der Waals surface area contributed by atoms with Gasteiger partial charge in [-0.1, -0.05) is 42.5 Å². The first-order valence-electron chi connectivity index (χ1n) is 8.71.